The summed E-state index contributed by atoms with van der Waals surface area (Å²) in [6.07, 6.45) is 3.69. The van der Waals surface area contributed by atoms with Crippen LogP contribution in [0.1, 0.15) is 37.3 Å². The van der Waals surface area contributed by atoms with Gasteiger partial charge in [0.1, 0.15) is 0 Å². The van der Waals surface area contributed by atoms with Crippen molar-refractivity contribution >= 4 is 11.7 Å². The van der Waals surface area contributed by atoms with Crippen molar-refractivity contribution in [2.45, 2.75) is 39.2 Å². The molecule has 1 aliphatic heterocycles. The van der Waals surface area contributed by atoms with Crippen LogP contribution in [0.2, 0.25) is 0 Å². The normalized spacial score (nSPS) is 13.4. The molecule has 110 valence electrons. The fourth-order valence-electron chi connectivity index (χ4n) is 2.54. The summed E-state index contributed by atoms with van der Waals surface area (Å²) in [4.78, 5) is 11.2. The summed E-state index contributed by atoms with van der Waals surface area (Å²) in [7, 11) is 0. The number of nitrogens with one attached hydrogen (secondary N) is 2. The van der Waals surface area contributed by atoms with E-state index in [-0.39, 0.29) is 5.97 Å². The van der Waals surface area contributed by atoms with Crippen molar-refractivity contribution in [3.05, 3.63) is 29.3 Å². The number of esters is 1. The van der Waals surface area contributed by atoms with Crippen molar-refractivity contribution in [3.63, 3.8) is 0 Å². The van der Waals surface area contributed by atoms with E-state index in [1.807, 2.05) is 6.92 Å². The molecule has 1 aromatic carbocycles. The molecule has 0 fully saturated rings. The molecule has 0 aromatic heterocycles. The molecule has 0 aliphatic carbocycles. The third-order valence-electron chi connectivity index (χ3n) is 3.52. The monoisotopic (exact) mass is 276 g/mol. The van der Waals surface area contributed by atoms with E-state index in [1.165, 1.54) is 29.7 Å². The van der Waals surface area contributed by atoms with E-state index >= 15 is 0 Å². The molecule has 0 amide bonds. The van der Waals surface area contributed by atoms with Gasteiger partial charge in [-0.25, -0.2) is 0 Å². The molecule has 1 aliphatic rings. The highest BCUT2D eigenvalue weighted by molar-refractivity contribution is 5.69. The van der Waals surface area contributed by atoms with E-state index in [4.69, 9.17) is 4.74 Å². The van der Waals surface area contributed by atoms with Gasteiger partial charge in [0.25, 0.3) is 0 Å². The Morgan fingerprint density at radius 2 is 2.35 bits per heavy atom. The third kappa shape index (κ3) is 4.23. The lowest BCUT2D eigenvalue weighted by Crippen LogP contribution is -2.19. The first-order valence-electron chi connectivity index (χ1n) is 7.52. The van der Waals surface area contributed by atoms with Gasteiger partial charge in [-0.1, -0.05) is 18.2 Å². The quantitative estimate of drug-likeness (QED) is 0.593. The minimum Gasteiger partial charge on any atom is -0.466 e. The van der Waals surface area contributed by atoms with Crippen molar-refractivity contribution < 1.29 is 9.53 Å². The van der Waals surface area contributed by atoms with Crippen LogP contribution >= 0.6 is 0 Å². The number of ether oxygens (including phenoxy) is 1. The maximum atomic E-state index is 11.2. The Hall–Kier alpha value is -1.55. The third-order valence-corrected chi connectivity index (χ3v) is 3.52. The standard InChI is InChI=1S/C16H24N2O2/c1-2-20-15(19)9-5-10-17-12-14-7-3-6-13-8-4-11-18-16(13)14/h3,6-7,17-18H,2,4-5,8-12H2,1H3. The summed E-state index contributed by atoms with van der Waals surface area (Å²) in [6.45, 7) is 5.05. The van der Waals surface area contributed by atoms with Crippen molar-refractivity contribution in [2.75, 3.05) is 25.0 Å². The number of aryl methyl sites for hydroxylation is 1. The zero-order valence-electron chi connectivity index (χ0n) is 12.2. The molecule has 4 heteroatoms. The van der Waals surface area contributed by atoms with Gasteiger partial charge in [0.05, 0.1) is 6.61 Å². The lowest BCUT2D eigenvalue weighted by atomic mass is 9.99. The first-order valence-corrected chi connectivity index (χ1v) is 7.52. The van der Waals surface area contributed by atoms with Crippen molar-refractivity contribution in [1.29, 1.82) is 0 Å². The topological polar surface area (TPSA) is 50.4 Å². The number of hydrogen-bond acceptors (Lipinski definition) is 4. The second-order valence-electron chi connectivity index (χ2n) is 5.07. The van der Waals surface area contributed by atoms with Gasteiger partial charge in [-0.15, -0.1) is 0 Å². The predicted molar refractivity (Wildman–Crippen MR) is 80.8 cm³/mol. The molecule has 0 unspecified atom stereocenters. The highest BCUT2D eigenvalue weighted by atomic mass is 16.5. The molecule has 2 N–H and O–H groups in total. The number of rotatable bonds is 7. The lowest BCUT2D eigenvalue weighted by molar-refractivity contribution is -0.143. The summed E-state index contributed by atoms with van der Waals surface area (Å²) in [6, 6.07) is 6.49. The van der Waals surface area contributed by atoms with Gasteiger partial charge in [0, 0.05) is 25.2 Å². The minimum atomic E-state index is -0.104. The van der Waals surface area contributed by atoms with Crippen LogP contribution in [0.25, 0.3) is 0 Å². The Bertz CT molecular complexity index is 446. The fourth-order valence-corrected chi connectivity index (χ4v) is 2.54. The number of benzene rings is 1. The molecule has 1 heterocycles. The first kappa shape index (κ1) is 14.9. The Balaban J connectivity index is 1.73. The predicted octanol–water partition coefficient (Wildman–Crippen LogP) is 2.48. The summed E-state index contributed by atoms with van der Waals surface area (Å²) in [5, 5.41) is 6.89. The number of carbonyl (C=O) groups is 1. The molecule has 2 rings (SSSR count). The van der Waals surface area contributed by atoms with Gasteiger partial charge < -0.3 is 15.4 Å². The van der Waals surface area contributed by atoms with Crippen LogP contribution in [0, 0.1) is 0 Å². The average Bonchev–Trinajstić information content (AvgIpc) is 2.47. The zero-order valence-corrected chi connectivity index (χ0v) is 12.2. The summed E-state index contributed by atoms with van der Waals surface area (Å²) in [5.41, 5.74) is 4.04. The van der Waals surface area contributed by atoms with Crippen LogP contribution < -0.4 is 10.6 Å². The maximum Gasteiger partial charge on any atom is 0.305 e. The van der Waals surface area contributed by atoms with Gasteiger partial charge >= 0.3 is 5.97 Å². The van der Waals surface area contributed by atoms with E-state index in [0.717, 1.165) is 26.1 Å². The SMILES string of the molecule is CCOC(=O)CCCNCc1cccc2c1NCCC2. The second-order valence-corrected chi connectivity index (χ2v) is 5.07. The highest BCUT2D eigenvalue weighted by Gasteiger charge is 2.11. The van der Waals surface area contributed by atoms with Crippen molar-refractivity contribution in [3.8, 4) is 0 Å². The average molecular weight is 276 g/mol. The van der Waals surface area contributed by atoms with E-state index < -0.39 is 0 Å². The Kier molecular flexibility index (Phi) is 5.87. The number of anilines is 1. The van der Waals surface area contributed by atoms with Gasteiger partial charge in [-0.3, -0.25) is 4.79 Å². The number of carbonyl (C=O) groups excluding carboxylic acids is 1. The molecule has 1 aromatic rings. The van der Waals surface area contributed by atoms with Crippen molar-refractivity contribution in [1.82, 2.24) is 5.32 Å². The molecular weight excluding hydrogens is 252 g/mol. The van der Waals surface area contributed by atoms with Crippen molar-refractivity contribution in [2.24, 2.45) is 0 Å². The minimum absolute atomic E-state index is 0.104. The Morgan fingerprint density at radius 3 is 3.20 bits per heavy atom. The van der Waals surface area contributed by atoms with Crippen LogP contribution in [0.5, 0.6) is 0 Å². The van der Waals surface area contributed by atoms with Crippen LogP contribution in [-0.4, -0.2) is 25.7 Å². The molecule has 0 atom stereocenters. The van der Waals surface area contributed by atoms with E-state index in [2.05, 4.69) is 28.8 Å². The molecule has 0 saturated heterocycles. The number of hydrogen-bond donors (Lipinski definition) is 2. The van der Waals surface area contributed by atoms with Crippen LogP contribution in [0.4, 0.5) is 5.69 Å². The Labute approximate surface area is 120 Å². The zero-order chi connectivity index (χ0) is 14.2. The van der Waals surface area contributed by atoms with E-state index in [0.29, 0.717) is 13.0 Å². The molecule has 4 nitrogen and oxygen atoms in total. The van der Waals surface area contributed by atoms with Crippen LogP contribution in [0.3, 0.4) is 0 Å². The van der Waals surface area contributed by atoms with Crippen LogP contribution in [-0.2, 0) is 22.5 Å². The van der Waals surface area contributed by atoms with Gasteiger partial charge in [-0.2, -0.15) is 0 Å². The molecular formula is C16H24N2O2. The summed E-state index contributed by atoms with van der Waals surface area (Å²) in [5.74, 6) is -0.104. The van der Waals surface area contributed by atoms with E-state index in [1.54, 1.807) is 0 Å². The molecule has 0 radical (unpaired) electrons. The summed E-state index contributed by atoms with van der Waals surface area (Å²) >= 11 is 0. The smallest absolute Gasteiger partial charge is 0.305 e. The largest absolute Gasteiger partial charge is 0.466 e. The van der Waals surface area contributed by atoms with E-state index in [9.17, 15) is 4.79 Å². The molecule has 20 heavy (non-hydrogen) atoms. The van der Waals surface area contributed by atoms with Gasteiger partial charge in [0.2, 0.25) is 0 Å². The highest BCUT2D eigenvalue weighted by Crippen LogP contribution is 2.25. The lowest BCUT2D eigenvalue weighted by Gasteiger charge is -2.21. The maximum absolute atomic E-state index is 11.2. The Morgan fingerprint density at radius 1 is 1.45 bits per heavy atom. The van der Waals surface area contributed by atoms with Gasteiger partial charge in [0.15, 0.2) is 0 Å². The molecule has 0 bridgehead atoms. The van der Waals surface area contributed by atoms with Crippen LogP contribution in [0.15, 0.2) is 18.2 Å². The number of fused-ring (bicyclic) bond motifs is 1. The first-order chi connectivity index (χ1) is 9.81. The summed E-state index contributed by atoms with van der Waals surface area (Å²) < 4.78 is 4.90. The fraction of sp³-hybridized carbons (Fsp3) is 0.562. The molecule has 0 saturated carbocycles. The van der Waals surface area contributed by atoms with Gasteiger partial charge in [-0.05, 0) is 43.9 Å². The number of para-hydroxylation sites is 1. The molecule has 0 spiro atoms. The second kappa shape index (κ2) is 7.90.